The van der Waals surface area contributed by atoms with Gasteiger partial charge in [0.2, 0.25) is 0 Å². The number of nitrogens with zero attached hydrogens (tertiary/aromatic N) is 1. The third-order valence-corrected chi connectivity index (χ3v) is 5.86. The van der Waals surface area contributed by atoms with Crippen LogP contribution < -0.4 is 0 Å². The predicted octanol–water partition coefficient (Wildman–Crippen LogP) is 5.36. The molecule has 0 aliphatic rings. The van der Waals surface area contributed by atoms with E-state index in [2.05, 4.69) is 25.7 Å². The average molecular weight is 294 g/mol. The van der Waals surface area contributed by atoms with Gasteiger partial charge in [0.15, 0.2) is 0 Å². The first-order valence-electron chi connectivity index (χ1n) is 6.84. The molecular formula is C13H27NS3. The van der Waals surface area contributed by atoms with Gasteiger partial charge >= 0.3 is 0 Å². The summed E-state index contributed by atoms with van der Waals surface area (Å²) in [5.74, 6) is 1.23. The van der Waals surface area contributed by atoms with Crippen molar-refractivity contribution in [1.29, 1.82) is 0 Å². The van der Waals surface area contributed by atoms with Crippen molar-refractivity contribution in [3.63, 3.8) is 0 Å². The van der Waals surface area contributed by atoms with Crippen LogP contribution in [0.2, 0.25) is 0 Å². The normalized spacial score (nSPS) is 10.5. The largest absolute Gasteiger partial charge is 0.357 e. The Balaban J connectivity index is 3.30. The summed E-state index contributed by atoms with van der Waals surface area (Å²) in [6.45, 7) is 8.64. The molecule has 0 spiro atoms. The minimum atomic E-state index is 1.03. The van der Waals surface area contributed by atoms with E-state index in [0.29, 0.717) is 0 Å². The average Bonchev–Trinajstić information content (AvgIpc) is 2.34. The summed E-state index contributed by atoms with van der Waals surface area (Å²) in [5, 5.41) is 0. The summed E-state index contributed by atoms with van der Waals surface area (Å²) >= 11 is 5.38. The molecule has 4 heteroatoms. The van der Waals surface area contributed by atoms with E-state index in [1.54, 1.807) is 10.8 Å². The molecule has 1 nitrogen and oxygen atoms in total. The molecule has 0 aromatic carbocycles. The highest BCUT2D eigenvalue weighted by Gasteiger charge is 2.05. The Kier molecular flexibility index (Phi) is 13.5. The lowest BCUT2D eigenvalue weighted by Crippen LogP contribution is -2.25. The van der Waals surface area contributed by atoms with Crippen LogP contribution in [-0.4, -0.2) is 28.1 Å². The quantitative estimate of drug-likeness (QED) is 0.303. The molecule has 0 saturated carbocycles. The number of hydrogen-bond acceptors (Lipinski definition) is 3. The monoisotopic (exact) mass is 293 g/mol. The molecule has 0 aliphatic carbocycles. The minimum Gasteiger partial charge on any atom is -0.357 e. The van der Waals surface area contributed by atoms with Gasteiger partial charge < -0.3 is 4.90 Å². The van der Waals surface area contributed by atoms with Crippen molar-refractivity contribution in [3.05, 3.63) is 0 Å². The molecule has 0 saturated heterocycles. The van der Waals surface area contributed by atoms with E-state index >= 15 is 0 Å². The van der Waals surface area contributed by atoms with Crippen LogP contribution in [-0.2, 0) is 0 Å². The van der Waals surface area contributed by atoms with Crippen LogP contribution >= 0.6 is 33.8 Å². The zero-order valence-corrected chi connectivity index (χ0v) is 14.0. The molecule has 0 rings (SSSR count). The Morgan fingerprint density at radius 3 is 2.12 bits per heavy atom. The molecule has 17 heavy (non-hydrogen) atoms. The molecule has 0 N–H and O–H groups in total. The van der Waals surface area contributed by atoms with Gasteiger partial charge in [-0.1, -0.05) is 62.0 Å². The Morgan fingerprint density at radius 1 is 0.941 bits per heavy atom. The third-order valence-electron chi connectivity index (χ3n) is 2.73. The van der Waals surface area contributed by atoms with Gasteiger partial charge in [0.1, 0.15) is 4.32 Å². The first-order valence-corrected chi connectivity index (χ1v) is 9.57. The molecule has 0 radical (unpaired) electrons. The molecule has 0 aliphatic heterocycles. The van der Waals surface area contributed by atoms with Gasteiger partial charge in [-0.2, -0.15) is 0 Å². The number of thiocarbonyl (C=S) groups is 1. The van der Waals surface area contributed by atoms with Crippen molar-refractivity contribution >= 4 is 38.1 Å². The Bertz CT molecular complexity index is 182. The highest BCUT2D eigenvalue weighted by Crippen LogP contribution is 2.26. The molecule has 0 bridgehead atoms. The first kappa shape index (κ1) is 17.6. The molecule has 0 heterocycles. The van der Waals surface area contributed by atoms with Gasteiger partial charge in [0, 0.05) is 18.8 Å². The molecular weight excluding hydrogens is 266 g/mol. The predicted molar refractivity (Wildman–Crippen MR) is 88.9 cm³/mol. The molecule has 0 aromatic rings. The Labute approximate surface area is 121 Å². The number of unbranched alkanes of at least 4 members (excludes halogenated alkanes) is 5. The Morgan fingerprint density at radius 2 is 1.53 bits per heavy atom. The van der Waals surface area contributed by atoms with Crippen molar-refractivity contribution in [2.24, 2.45) is 0 Å². The SMILES string of the molecule is CCCCCCCCSSC(=S)N(CC)CC. The van der Waals surface area contributed by atoms with E-state index in [0.717, 1.165) is 17.4 Å². The maximum atomic E-state index is 5.38. The third kappa shape index (κ3) is 10.2. The van der Waals surface area contributed by atoms with Crippen LogP contribution in [0.3, 0.4) is 0 Å². The van der Waals surface area contributed by atoms with Crippen molar-refractivity contribution in [2.45, 2.75) is 59.3 Å². The van der Waals surface area contributed by atoms with E-state index in [1.807, 2.05) is 10.8 Å². The standard InChI is InChI=1S/C13H27NS3/c1-4-7-8-9-10-11-12-16-17-13(15)14(5-2)6-3/h4-12H2,1-3H3. The summed E-state index contributed by atoms with van der Waals surface area (Å²) in [6, 6.07) is 0. The van der Waals surface area contributed by atoms with Gasteiger partial charge in [-0.05, 0) is 31.1 Å². The van der Waals surface area contributed by atoms with E-state index in [9.17, 15) is 0 Å². The molecule has 0 fully saturated rings. The molecule has 0 amide bonds. The van der Waals surface area contributed by atoms with Crippen molar-refractivity contribution in [1.82, 2.24) is 4.90 Å². The van der Waals surface area contributed by atoms with Gasteiger partial charge in [-0.15, -0.1) is 0 Å². The van der Waals surface area contributed by atoms with Crippen molar-refractivity contribution < 1.29 is 0 Å². The van der Waals surface area contributed by atoms with Crippen LogP contribution in [0.25, 0.3) is 0 Å². The lowest BCUT2D eigenvalue weighted by Gasteiger charge is -2.20. The fourth-order valence-electron chi connectivity index (χ4n) is 1.57. The van der Waals surface area contributed by atoms with Gasteiger partial charge in [0.05, 0.1) is 0 Å². The second kappa shape index (κ2) is 13.0. The minimum absolute atomic E-state index is 1.03. The van der Waals surface area contributed by atoms with Crippen LogP contribution in [0.1, 0.15) is 59.3 Å². The van der Waals surface area contributed by atoms with Crippen LogP contribution in [0.4, 0.5) is 0 Å². The highest BCUT2D eigenvalue weighted by molar-refractivity contribution is 8.83. The van der Waals surface area contributed by atoms with Gasteiger partial charge in [-0.3, -0.25) is 0 Å². The first-order chi connectivity index (χ1) is 8.26. The van der Waals surface area contributed by atoms with Crippen LogP contribution in [0.15, 0.2) is 0 Å². The summed E-state index contributed by atoms with van der Waals surface area (Å²) in [7, 11) is 3.69. The number of rotatable bonds is 10. The zero-order valence-electron chi connectivity index (χ0n) is 11.5. The second-order valence-corrected chi connectivity index (χ2v) is 7.16. The van der Waals surface area contributed by atoms with Crippen LogP contribution in [0.5, 0.6) is 0 Å². The molecule has 0 aromatic heterocycles. The van der Waals surface area contributed by atoms with E-state index < -0.39 is 0 Å². The summed E-state index contributed by atoms with van der Waals surface area (Å²) in [6.07, 6.45) is 8.26. The van der Waals surface area contributed by atoms with Crippen molar-refractivity contribution in [3.8, 4) is 0 Å². The maximum Gasteiger partial charge on any atom is 0.147 e. The number of hydrogen-bond donors (Lipinski definition) is 0. The van der Waals surface area contributed by atoms with Gasteiger partial charge in [-0.25, -0.2) is 0 Å². The molecule has 102 valence electrons. The fourth-order valence-corrected chi connectivity index (χ4v) is 4.35. The van der Waals surface area contributed by atoms with Crippen molar-refractivity contribution in [2.75, 3.05) is 18.8 Å². The molecule has 0 unspecified atom stereocenters. The van der Waals surface area contributed by atoms with E-state index in [1.165, 1.54) is 44.3 Å². The van der Waals surface area contributed by atoms with E-state index in [-0.39, 0.29) is 0 Å². The molecule has 0 atom stereocenters. The summed E-state index contributed by atoms with van der Waals surface area (Å²) < 4.78 is 1.05. The van der Waals surface area contributed by atoms with Crippen LogP contribution in [0, 0.1) is 0 Å². The highest BCUT2D eigenvalue weighted by atomic mass is 33.1. The second-order valence-electron chi connectivity index (χ2n) is 4.11. The van der Waals surface area contributed by atoms with Gasteiger partial charge in [0.25, 0.3) is 0 Å². The summed E-state index contributed by atoms with van der Waals surface area (Å²) in [5.41, 5.74) is 0. The summed E-state index contributed by atoms with van der Waals surface area (Å²) in [4.78, 5) is 2.24. The topological polar surface area (TPSA) is 3.24 Å². The zero-order chi connectivity index (χ0) is 12.9. The smallest absolute Gasteiger partial charge is 0.147 e. The maximum absolute atomic E-state index is 5.38. The van der Waals surface area contributed by atoms with E-state index in [4.69, 9.17) is 12.2 Å². The Hall–Kier alpha value is 0.590. The lowest BCUT2D eigenvalue weighted by molar-refractivity contribution is 0.482. The fraction of sp³-hybridized carbons (Fsp3) is 0.923. The lowest BCUT2D eigenvalue weighted by atomic mass is 10.1.